The second kappa shape index (κ2) is 18.1. The fourth-order valence-corrected chi connectivity index (χ4v) is 6.28. The van der Waals surface area contributed by atoms with Gasteiger partial charge < -0.3 is 24.8 Å². The molecule has 0 amide bonds. The molecule has 0 aliphatic heterocycles. The molecule has 0 saturated heterocycles. The Morgan fingerprint density at radius 2 is 1.14 bits per heavy atom. The average Bonchev–Trinajstić information content (AvgIpc) is 3.66. The van der Waals surface area contributed by atoms with E-state index in [1.165, 1.54) is 66.8 Å². The van der Waals surface area contributed by atoms with E-state index in [0.29, 0.717) is 5.41 Å². The SMILES string of the molecule is C=C.CC(C)(C)c1cc2c([c-]c1-c1ccccc1)Cc1cc(-c3ccccc3)c(C(C)(C)C)cc1-2.CCc1cc(C(C)(C)C)c[cH-]1.[Cl-].[Cl-].[Hf+4]. The first kappa shape index (κ1) is 44.4. The minimum absolute atomic E-state index is 0. The molecule has 0 atom stereocenters. The van der Waals surface area contributed by atoms with Crippen molar-refractivity contribution < 1.29 is 50.7 Å². The quantitative estimate of drug-likeness (QED) is 0.102. The predicted molar refractivity (Wildman–Crippen MR) is 203 cm³/mol. The van der Waals surface area contributed by atoms with Gasteiger partial charge in [-0.05, 0) is 39.5 Å². The van der Waals surface area contributed by atoms with Crippen LogP contribution in [0.5, 0.6) is 0 Å². The summed E-state index contributed by atoms with van der Waals surface area (Å²) in [5.41, 5.74) is 16.7. The molecule has 5 aromatic carbocycles. The molecule has 0 aromatic heterocycles. The van der Waals surface area contributed by atoms with Crippen molar-refractivity contribution in [1.82, 2.24) is 0 Å². The summed E-state index contributed by atoms with van der Waals surface area (Å²) in [5, 5.41) is 0. The fraction of sp³-hybridized carbons (Fsp3) is 0.326. The van der Waals surface area contributed by atoms with Crippen molar-refractivity contribution in [2.45, 2.75) is 98.3 Å². The summed E-state index contributed by atoms with van der Waals surface area (Å²) in [4.78, 5) is 0. The van der Waals surface area contributed by atoms with Crippen LogP contribution in [0.1, 0.15) is 103 Å². The van der Waals surface area contributed by atoms with Crippen LogP contribution in [-0.4, -0.2) is 0 Å². The van der Waals surface area contributed by atoms with Crippen molar-refractivity contribution in [3.05, 3.63) is 150 Å². The number of fused-ring (bicyclic) bond motifs is 3. The van der Waals surface area contributed by atoms with E-state index in [1.54, 1.807) is 0 Å². The maximum atomic E-state index is 3.88. The Morgan fingerprint density at radius 1 is 0.633 bits per heavy atom. The van der Waals surface area contributed by atoms with Gasteiger partial charge in [0.1, 0.15) is 0 Å². The van der Waals surface area contributed by atoms with Gasteiger partial charge in [0, 0.05) is 0 Å². The number of hydrogen-bond donors (Lipinski definition) is 0. The van der Waals surface area contributed by atoms with Crippen molar-refractivity contribution in [3.8, 4) is 33.4 Å². The molecular formula is C46H54Cl2Hf. The third-order valence-electron chi connectivity index (χ3n) is 8.92. The molecule has 0 N–H and O–H groups in total. The summed E-state index contributed by atoms with van der Waals surface area (Å²) < 4.78 is 0. The molecule has 0 heterocycles. The smallest absolute Gasteiger partial charge is 1.00 e. The first-order chi connectivity index (χ1) is 21.7. The zero-order valence-corrected chi connectivity index (χ0v) is 36.4. The van der Waals surface area contributed by atoms with Gasteiger partial charge in [-0.3, -0.25) is 0 Å². The molecule has 1 aliphatic rings. The van der Waals surface area contributed by atoms with Crippen LogP contribution in [0, 0.1) is 6.07 Å². The number of halogens is 2. The number of benzene rings is 4. The fourth-order valence-electron chi connectivity index (χ4n) is 6.28. The van der Waals surface area contributed by atoms with E-state index in [-0.39, 0.29) is 61.5 Å². The Kier molecular flexibility index (Phi) is 16.4. The van der Waals surface area contributed by atoms with Gasteiger partial charge in [0.25, 0.3) is 0 Å². The van der Waals surface area contributed by atoms with Gasteiger partial charge >= 0.3 is 25.8 Å². The first-order valence-electron chi connectivity index (χ1n) is 16.8. The maximum Gasteiger partial charge on any atom is 4.00 e. The first-order valence-corrected chi connectivity index (χ1v) is 16.8. The molecule has 0 fully saturated rings. The topological polar surface area (TPSA) is 0 Å². The van der Waals surface area contributed by atoms with Crippen LogP contribution in [0.15, 0.2) is 110 Å². The third kappa shape index (κ3) is 10.5. The van der Waals surface area contributed by atoms with E-state index >= 15 is 0 Å². The molecule has 0 unspecified atom stereocenters. The Bertz CT molecular complexity index is 1650. The van der Waals surface area contributed by atoms with Gasteiger partial charge in [0.05, 0.1) is 0 Å². The average molecular weight is 856 g/mol. The van der Waals surface area contributed by atoms with Crippen molar-refractivity contribution in [2.75, 3.05) is 0 Å². The Morgan fingerprint density at radius 3 is 1.59 bits per heavy atom. The normalized spacial score (nSPS) is 11.6. The Labute approximate surface area is 329 Å². The Hall–Kier alpha value is -2.58. The molecule has 6 rings (SSSR count). The molecule has 1 aliphatic carbocycles. The van der Waals surface area contributed by atoms with Crippen molar-refractivity contribution >= 4 is 0 Å². The van der Waals surface area contributed by atoms with Gasteiger partial charge in [-0.2, -0.15) is 23.3 Å². The zero-order valence-electron chi connectivity index (χ0n) is 31.3. The van der Waals surface area contributed by atoms with Gasteiger partial charge in [-0.1, -0.05) is 171 Å². The van der Waals surface area contributed by atoms with Gasteiger partial charge in [-0.25, -0.2) is 6.07 Å². The standard InChI is InChI=1S/C33H33.C11H17.C2H4.2ClH.Hf/c1-32(2,3)30-20-26-24(18-28(30)22-13-9-7-10-14-22)17-25-19-29(23-15-11-8-12-16-23)31(21-27(25)26)33(4,5)6;1-5-9-6-7-10(8-9)11(2,3)4;1-2;;;/h7-16,18,20-21H,17H2,1-6H3;6-8H,5H2,1-4H3;1-2H2;2*1H;/q2*-1;;;;+4/p-2. The van der Waals surface area contributed by atoms with E-state index in [4.69, 9.17) is 0 Å². The zero-order chi connectivity index (χ0) is 33.9. The summed E-state index contributed by atoms with van der Waals surface area (Å²) >= 11 is 0. The molecule has 0 saturated carbocycles. The van der Waals surface area contributed by atoms with E-state index in [0.717, 1.165) is 12.8 Å². The summed E-state index contributed by atoms with van der Waals surface area (Å²) in [6.07, 6.45) is 2.09. The molecule has 0 bridgehead atoms. The number of rotatable bonds is 3. The molecule has 0 radical (unpaired) electrons. The molecule has 5 aromatic rings. The van der Waals surface area contributed by atoms with Crippen LogP contribution in [0.3, 0.4) is 0 Å². The molecule has 3 heteroatoms. The minimum Gasteiger partial charge on any atom is -1.00 e. The second-order valence-corrected chi connectivity index (χ2v) is 15.5. The predicted octanol–water partition coefficient (Wildman–Crippen LogP) is 7.06. The second-order valence-electron chi connectivity index (χ2n) is 15.5. The van der Waals surface area contributed by atoms with Crippen LogP contribution < -0.4 is 24.8 Å². The van der Waals surface area contributed by atoms with E-state index in [9.17, 15) is 0 Å². The third-order valence-corrected chi connectivity index (χ3v) is 8.92. The van der Waals surface area contributed by atoms with Crippen molar-refractivity contribution in [2.24, 2.45) is 0 Å². The molecule has 0 spiro atoms. The van der Waals surface area contributed by atoms with Gasteiger partial charge in [-0.15, -0.1) is 42.0 Å². The molecular weight excluding hydrogens is 802 g/mol. The number of hydrogen-bond acceptors (Lipinski definition) is 0. The Balaban J connectivity index is 0.000000643. The van der Waals surface area contributed by atoms with Gasteiger partial charge in [0.15, 0.2) is 0 Å². The summed E-state index contributed by atoms with van der Waals surface area (Å²) in [7, 11) is 0. The van der Waals surface area contributed by atoms with E-state index < -0.39 is 0 Å². The van der Waals surface area contributed by atoms with Crippen LogP contribution in [0.2, 0.25) is 0 Å². The van der Waals surface area contributed by atoms with Crippen LogP contribution in [-0.2, 0) is 54.9 Å². The van der Waals surface area contributed by atoms with E-state index in [1.807, 2.05) is 0 Å². The molecule has 0 nitrogen and oxygen atoms in total. The monoisotopic (exact) mass is 856 g/mol. The van der Waals surface area contributed by atoms with Crippen molar-refractivity contribution in [3.63, 3.8) is 0 Å². The molecule has 49 heavy (non-hydrogen) atoms. The number of aryl methyl sites for hydroxylation is 1. The largest absolute Gasteiger partial charge is 4.00 e. The van der Waals surface area contributed by atoms with E-state index in [2.05, 4.69) is 186 Å². The van der Waals surface area contributed by atoms with Crippen LogP contribution in [0.25, 0.3) is 33.4 Å². The summed E-state index contributed by atoms with van der Waals surface area (Å²) in [6.45, 7) is 28.8. The molecule has 256 valence electrons. The summed E-state index contributed by atoms with van der Waals surface area (Å²) in [5.74, 6) is 0. The minimum atomic E-state index is 0. The van der Waals surface area contributed by atoms with Crippen LogP contribution in [0.4, 0.5) is 0 Å². The van der Waals surface area contributed by atoms with Gasteiger partial charge in [0.2, 0.25) is 0 Å². The summed E-state index contributed by atoms with van der Waals surface area (Å²) in [6, 6.07) is 39.6. The van der Waals surface area contributed by atoms with Crippen molar-refractivity contribution in [1.29, 1.82) is 0 Å². The maximum absolute atomic E-state index is 3.88. The van der Waals surface area contributed by atoms with Crippen LogP contribution >= 0.6 is 0 Å².